The number of hydrazine groups is 1. The summed E-state index contributed by atoms with van der Waals surface area (Å²) in [6, 6.07) is 11.6. The van der Waals surface area contributed by atoms with E-state index in [0.717, 1.165) is 0 Å². The summed E-state index contributed by atoms with van der Waals surface area (Å²) in [5.74, 6) is -1.69. The molecule has 2 amide bonds. The van der Waals surface area contributed by atoms with Crippen LogP contribution in [0.4, 0.5) is 4.39 Å². The predicted octanol–water partition coefficient (Wildman–Crippen LogP) is 1.88. The Kier molecular flexibility index (Phi) is 6.19. The molecular weight excluding hydrogens is 345 g/mol. The highest BCUT2D eigenvalue weighted by atomic mass is 32.1. The number of carbonyl (C=O) groups excluding carboxylic acids is 2. The maximum atomic E-state index is 12.8. The average molecular weight is 359 g/mol. The number of benzene rings is 2. The largest absolute Gasteiger partial charge is 0.507 e. The van der Waals surface area contributed by atoms with Crippen molar-refractivity contribution < 1.29 is 19.1 Å². The molecule has 0 saturated carbocycles. The molecule has 0 saturated heterocycles. The highest BCUT2D eigenvalue weighted by molar-refractivity contribution is 7.80. The lowest BCUT2D eigenvalue weighted by Crippen LogP contribution is -2.48. The first-order valence-electron chi connectivity index (χ1n) is 7.08. The third kappa shape index (κ3) is 5.70. The van der Waals surface area contributed by atoms with Gasteiger partial charge in [0.2, 0.25) is 5.91 Å². The Morgan fingerprint density at radius 1 is 1.04 bits per heavy atom. The number of phenolic OH excluding ortho intramolecular Hbond substituents is 1. The Morgan fingerprint density at radius 2 is 1.72 bits per heavy atom. The van der Waals surface area contributed by atoms with Gasteiger partial charge in [0.15, 0.2) is 5.11 Å². The molecule has 0 aliphatic heterocycles. The van der Waals surface area contributed by atoms with Crippen molar-refractivity contribution in [2.75, 3.05) is 0 Å². The van der Waals surface area contributed by atoms with Crippen LogP contribution in [-0.4, -0.2) is 22.0 Å². The van der Waals surface area contributed by atoms with Crippen molar-refractivity contribution in [3.05, 3.63) is 71.6 Å². The SMILES string of the molecule is O=C(/C=C/c1ccc(F)cc1)NC(=S)NNC(=O)c1ccccc1O. The van der Waals surface area contributed by atoms with Crippen LogP contribution in [0.15, 0.2) is 54.6 Å². The minimum atomic E-state index is -0.614. The molecule has 0 atom stereocenters. The van der Waals surface area contributed by atoms with Gasteiger partial charge in [0.25, 0.3) is 5.91 Å². The Labute approximate surface area is 148 Å². The van der Waals surface area contributed by atoms with Crippen molar-refractivity contribution in [3.8, 4) is 5.75 Å². The Morgan fingerprint density at radius 3 is 2.40 bits per heavy atom. The molecule has 0 unspecified atom stereocenters. The van der Waals surface area contributed by atoms with Gasteiger partial charge in [-0.1, -0.05) is 24.3 Å². The van der Waals surface area contributed by atoms with Gasteiger partial charge in [-0.05, 0) is 48.1 Å². The molecule has 0 bridgehead atoms. The van der Waals surface area contributed by atoms with Crippen molar-refractivity contribution in [1.82, 2.24) is 16.2 Å². The number of carbonyl (C=O) groups is 2. The standard InChI is InChI=1S/C17H14FN3O3S/c18-12-8-5-11(6-9-12)7-10-15(23)19-17(25)21-20-16(24)13-3-1-2-4-14(13)22/h1-10,22H,(H,20,24)(H2,19,21,23,25)/b10-7+. The maximum Gasteiger partial charge on any atom is 0.273 e. The Bertz CT molecular complexity index is 822. The summed E-state index contributed by atoms with van der Waals surface area (Å²) in [6.45, 7) is 0. The summed E-state index contributed by atoms with van der Waals surface area (Å²) in [5.41, 5.74) is 5.30. The lowest BCUT2D eigenvalue weighted by atomic mass is 10.2. The minimum Gasteiger partial charge on any atom is -0.507 e. The zero-order valence-electron chi connectivity index (χ0n) is 12.8. The Hall–Kier alpha value is -3.26. The zero-order valence-corrected chi connectivity index (χ0v) is 13.6. The highest BCUT2D eigenvalue weighted by Gasteiger charge is 2.10. The molecule has 0 aliphatic carbocycles. The number of aromatic hydroxyl groups is 1. The minimum absolute atomic E-state index is 0.0559. The maximum absolute atomic E-state index is 12.8. The molecule has 6 nitrogen and oxygen atoms in total. The number of nitrogens with one attached hydrogen (secondary N) is 3. The van der Waals surface area contributed by atoms with Gasteiger partial charge in [0.1, 0.15) is 11.6 Å². The van der Waals surface area contributed by atoms with Crippen LogP contribution in [-0.2, 0) is 4.79 Å². The number of hydrogen-bond acceptors (Lipinski definition) is 4. The van der Waals surface area contributed by atoms with Crippen LogP contribution in [0.25, 0.3) is 6.08 Å². The van der Waals surface area contributed by atoms with Crippen molar-refractivity contribution in [2.24, 2.45) is 0 Å². The number of rotatable bonds is 3. The first-order valence-corrected chi connectivity index (χ1v) is 7.49. The summed E-state index contributed by atoms with van der Waals surface area (Å²) in [6.07, 6.45) is 2.70. The topological polar surface area (TPSA) is 90.5 Å². The molecular formula is C17H14FN3O3S. The van der Waals surface area contributed by atoms with E-state index in [9.17, 15) is 19.1 Å². The second-order valence-corrected chi connectivity index (χ2v) is 5.21. The molecule has 0 fully saturated rings. The van der Waals surface area contributed by atoms with Gasteiger partial charge in [-0.25, -0.2) is 4.39 Å². The van der Waals surface area contributed by atoms with E-state index in [-0.39, 0.29) is 22.2 Å². The van der Waals surface area contributed by atoms with Gasteiger partial charge in [-0.2, -0.15) is 0 Å². The van der Waals surface area contributed by atoms with Gasteiger partial charge >= 0.3 is 0 Å². The summed E-state index contributed by atoms with van der Waals surface area (Å²) >= 11 is 4.88. The molecule has 0 aromatic heterocycles. The second kappa shape index (κ2) is 8.55. The average Bonchev–Trinajstić information content (AvgIpc) is 2.59. The first kappa shape index (κ1) is 18.1. The van der Waals surface area contributed by atoms with Crippen molar-refractivity contribution >= 4 is 35.2 Å². The quantitative estimate of drug-likeness (QED) is 0.382. The van der Waals surface area contributed by atoms with Crippen molar-refractivity contribution in [1.29, 1.82) is 0 Å². The number of thiocarbonyl (C=S) groups is 1. The van der Waals surface area contributed by atoms with Crippen LogP contribution in [0.2, 0.25) is 0 Å². The van der Waals surface area contributed by atoms with E-state index in [2.05, 4.69) is 16.2 Å². The number of phenols is 1. The van der Waals surface area contributed by atoms with E-state index in [1.54, 1.807) is 12.1 Å². The zero-order chi connectivity index (χ0) is 18.2. The number of hydrogen-bond donors (Lipinski definition) is 4. The van der Waals surface area contributed by atoms with E-state index in [0.29, 0.717) is 5.56 Å². The number of halogens is 1. The van der Waals surface area contributed by atoms with Crippen LogP contribution >= 0.6 is 12.2 Å². The van der Waals surface area contributed by atoms with E-state index in [1.807, 2.05) is 0 Å². The van der Waals surface area contributed by atoms with Crippen LogP contribution < -0.4 is 16.2 Å². The molecule has 128 valence electrons. The molecule has 8 heteroatoms. The Balaban J connectivity index is 1.81. The van der Waals surface area contributed by atoms with Gasteiger partial charge in [0, 0.05) is 6.08 Å². The van der Waals surface area contributed by atoms with Crippen LogP contribution in [0.3, 0.4) is 0 Å². The molecule has 25 heavy (non-hydrogen) atoms. The second-order valence-electron chi connectivity index (χ2n) is 4.80. The number of amides is 2. The molecule has 4 N–H and O–H groups in total. The number of para-hydroxylation sites is 1. The van der Waals surface area contributed by atoms with Crippen molar-refractivity contribution in [2.45, 2.75) is 0 Å². The molecule has 0 spiro atoms. The van der Waals surface area contributed by atoms with Gasteiger partial charge < -0.3 is 5.11 Å². The molecule has 2 aromatic carbocycles. The predicted molar refractivity (Wildman–Crippen MR) is 94.9 cm³/mol. The van der Waals surface area contributed by atoms with E-state index >= 15 is 0 Å². The summed E-state index contributed by atoms with van der Waals surface area (Å²) < 4.78 is 12.8. The molecule has 2 aromatic rings. The lowest BCUT2D eigenvalue weighted by Gasteiger charge is -2.10. The third-order valence-electron chi connectivity index (χ3n) is 2.97. The third-order valence-corrected chi connectivity index (χ3v) is 3.18. The van der Waals surface area contributed by atoms with Gasteiger partial charge in [-0.3, -0.25) is 25.8 Å². The van der Waals surface area contributed by atoms with E-state index in [1.165, 1.54) is 48.6 Å². The van der Waals surface area contributed by atoms with Crippen LogP contribution in [0.5, 0.6) is 5.75 Å². The molecule has 0 radical (unpaired) electrons. The first-order chi connectivity index (χ1) is 12.0. The molecule has 2 rings (SSSR count). The monoisotopic (exact) mass is 359 g/mol. The summed E-state index contributed by atoms with van der Waals surface area (Å²) in [4.78, 5) is 23.6. The molecule has 0 heterocycles. The normalized spacial score (nSPS) is 10.3. The molecule has 0 aliphatic rings. The van der Waals surface area contributed by atoms with E-state index < -0.39 is 11.8 Å². The van der Waals surface area contributed by atoms with E-state index in [4.69, 9.17) is 12.2 Å². The van der Waals surface area contributed by atoms with Gasteiger partial charge in [0.05, 0.1) is 5.56 Å². The lowest BCUT2D eigenvalue weighted by molar-refractivity contribution is -0.115. The fraction of sp³-hybridized carbons (Fsp3) is 0. The van der Waals surface area contributed by atoms with Crippen LogP contribution in [0, 0.1) is 5.82 Å². The summed E-state index contributed by atoms with van der Waals surface area (Å²) in [7, 11) is 0. The fourth-order valence-corrected chi connectivity index (χ4v) is 1.93. The summed E-state index contributed by atoms with van der Waals surface area (Å²) in [5, 5.41) is 11.8. The highest BCUT2D eigenvalue weighted by Crippen LogP contribution is 2.14. The fourth-order valence-electron chi connectivity index (χ4n) is 1.78. The van der Waals surface area contributed by atoms with Gasteiger partial charge in [-0.15, -0.1) is 0 Å². The van der Waals surface area contributed by atoms with Crippen molar-refractivity contribution in [3.63, 3.8) is 0 Å². The smallest absolute Gasteiger partial charge is 0.273 e. The van der Waals surface area contributed by atoms with Crippen LogP contribution in [0.1, 0.15) is 15.9 Å².